The molecule has 1 saturated carbocycles. The predicted molar refractivity (Wildman–Crippen MR) is 92.9 cm³/mol. The fraction of sp³-hybridized carbons (Fsp3) is 0.263. The number of carbonyl (C=O) groups excluding carboxylic acids is 2. The van der Waals surface area contributed by atoms with Crippen molar-refractivity contribution >= 4 is 29.2 Å². The molecule has 1 fully saturated rings. The molecule has 1 N–H and O–H groups in total. The monoisotopic (exact) mass is 379 g/mol. The number of hydrogen-bond donors (Lipinski definition) is 1. The van der Waals surface area contributed by atoms with Crippen LogP contribution < -0.4 is 5.32 Å². The molecule has 1 aliphatic rings. The fourth-order valence-corrected chi connectivity index (χ4v) is 3.08. The van der Waals surface area contributed by atoms with E-state index in [-0.39, 0.29) is 5.69 Å². The molecule has 2 aromatic carbocycles. The third kappa shape index (κ3) is 3.70. The number of halogens is 3. The van der Waals surface area contributed by atoms with Gasteiger partial charge in [0.15, 0.2) is 6.61 Å². The second-order valence-electron chi connectivity index (χ2n) is 6.19. The molecule has 0 aromatic heterocycles. The third-order valence-corrected chi connectivity index (χ3v) is 4.79. The van der Waals surface area contributed by atoms with Gasteiger partial charge >= 0.3 is 5.97 Å². The first-order chi connectivity index (χ1) is 12.4. The molecule has 7 heteroatoms. The number of nitrogens with one attached hydrogen (secondary N) is 1. The van der Waals surface area contributed by atoms with Crippen molar-refractivity contribution in [3.63, 3.8) is 0 Å². The van der Waals surface area contributed by atoms with Gasteiger partial charge < -0.3 is 10.1 Å². The maximum atomic E-state index is 13.5. The Kier molecular flexibility index (Phi) is 5.23. The minimum Gasteiger partial charge on any atom is -0.455 e. The molecule has 0 radical (unpaired) electrons. The van der Waals surface area contributed by atoms with Gasteiger partial charge in [0.05, 0.1) is 11.1 Å². The highest BCUT2D eigenvalue weighted by molar-refractivity contribution is 6.30. The Morgan fingerprint density at radius 2 is 1.81 bits per heavy atom. The van der Waals surface area contributed by atoms with E-state index in [9.17, 15) is 18.4 Å². The van der Waals surface area contributed by atoms with Crippen molar-refractivity contribution in [1.29, 1.82) is 0 Å². The maximum Gasteiger partial charge on any atom is 0.317 e. The Bertz CT molecular complexity index is 835. The third-order valence-electron chi connectivity index (χ3n) is 4.53. The van der Waals surface area contributed by atoms with Gasteiger partial charge in [-0.05, 0) is 42.7 Å². The summed E-state index contributed by atoms with van der Waals surface area (Å²) in [5, 5.41) is 2.82. The van der Waals surface area contributed by atoms with Crippen molar-refractivity contribution in [3.05, 3.63) is 64.7 Å². The van der Waals surface area contributed by atoms with Gasteiger partial charge in [-0.1, -0.05) is 30.2 Å². The summed E-state index contributed by atoms with van der Waals surface area (Å²) in [5.41, 5.74) is -0.155. The predicted octanol–water partition coefficient (Wildman–Crippen LogP) is 4.22. The Labute approximate surface area is 154 Å². The summed E-state index contributed by atoms with van der Waals surface area (Å²) < 4.78 is 31.6. The van der Waals surface area contributed by atoms with Crippen LogP contribution in [0.1, 0.15) is 24.8 Å². The zero-order valence-electron chi connectivity index (χ0n) is 13.7. The van der Waals surface area contributed by atoms with Crippen LogP contribution in [0.2, 0.25) is 5.02 Å². The molecule has 0 saturated heterocycles. The highest BCUT2D eigenvalue weighted by atomic mass is 35.5. The summed E-state index contributed by atoms with van der Waals surface area (Å²) in [5.74, 6) is -2.85. The number of benzene rings is 2. The van der Waals surface area contributed by atoms with Crippen LogP contribution in [0.25, 0.3) is 0 Å². The number of anilines is 1. The lowest BCUT2D eigenvalue weighted by molar-refractivity contribution is -0.156. The molecule has 0 heterocycles. The summed E-state index contributed by atoms with van der Waals surface area (Å²) in [4.78, 5) is 24.4. The first-order valence-corrected chi connectivity index (χ1v) is 8.47. The zero-order valence-corrected chi connectivity index (χ0v) is 14.5. The van der Waals surface area contributed by atoms with Crippen LogP contribution in [0, 0.1) is 11.6 Å². The van der Waals surface area contributed by atoms with Crippen molar-refractivity contribution in [2.75, 3.05) is 11.9 Å². The molecule has 0 atom stereocenters. The topological polar surface area (TPSA) is 55.4 Å². The average molecular weight is 380 g/mol. The lowest BCUT2D eigenvalue weighted by Gasteiger charge is -2.39. The molecule has 4 nitrogen and oxygen atoms in total. The van der Waals surface area contributed by atoms with Gasteiger partial charge in [-0.2, -0.15) is 0 Å². The van der Waals surface area contributed by atoms with Crippen molar-refractivity contribution in [3.8, 4) is 0 Å². The fourth-order valence-electron chi connectivity index (χ4n) is 2.96. The molecule has 26 heavy (non-hydrogen) atoms. The van der Waals surface area contributed by atoms with Gasteiger partial charge in [0, 0.05) is 11.1 Å². The largest absolute Gasteiger partial charge is 0.455 e. The first kappa shape index (κ1) is 18.3. The smallest absolute Gasteiger partial charge is 0.317 e. The van der Waals surface area contributed by atoms with Crippen molar-refractivity contribution in [2.24, 2.45) is 0 Å². The maximum absolute atomic E-state index is 13.5. The van der Waals surface area contributed by atoms with Gasteiger partial charge in [-0.25, -0.2) is 8.78 Å². The van der Waals surface area contributed by atoms with E-state index < -0.39 is 35.5 Å². The van der Waals surface area contributed by atoms with E-state index in [2.05, 4.69) is 5.32 Å². The van der Waals surface area contributed by atoms with E-state index in [4.69, 9.17) is 16.3 Å². The first-order valence-electron chi connectivity index (χ1n) is 8.09. The molecule has 3 rings (SSSR count). The van der Waals surface area contributed by atoms with Crippen LogP contribution >= 0.6 is 11.6 Å². The number of hydrogen-bond acceptors (Lipinski definition) is 3. The number of rotatable bonds is 5. The van der Waals surface area contributed by atoms with Crippen LogP contribution in [-0.4, -0.2) is 18.5 Å². The lowest BCUT2D eigenvalue weighted by Crippen LogP contribution is -2.44. The molecule has 0 aliphatic heterocycles. The van der Waals surface area contributed by atoms with Crippen LogP contribution in [0.4, 0.5) is 14.5 Å². The molecule has 0 spiro atoms. The van der Waals surface area contributed by atoms with Crippen molar-refractivity contribution < 1.29 is 23.1 Å². The second-order valence-corrected chi connectivity index (χ2v) is 6.63. The highest BCUT2D eigenvalue weighted by Gasteiger charge is 2.47. The van der Waals surface area contributed by atoms with Crippen molar-refractivity contribution in [1.82, 2.24) is 0 Å². The molecular formula is C19H16ClF2NO3. The Balaban J connectivity index is 1.62. The van der Waals surface area contributed by atoms with E-state index in [1.165, 1.54) is 0 Å². The SMILES string of the molecule is O=C(COC(=O)C1(c2ccc(Cl)cc2)CCC1)Nc1ccc(F)cc1F. The second kappa shape index (κ2) is 7.41. The van der Waals surface area contributed by atoms with Gasteiger partial charge in [-0.15, -0.1) is 0 Å². The van der Waals surface area contributed by atoms with E-state index >= 15 is 0 Å². The summed E-state index contributed by atoms with van der Waals surface area (Å²) in [6.45, 7) is -0.551. The van der Waals surface area contributed by atoms with Gasteiger partial charge in [-0.3, -0.25) is 9.59 Å². The Morgan fingerprint density at radius 3 is 2.38 bits per heavy atom. The van der Waals surface area contributed by atoms with Crippen LogP contribution in [0.15, 0.2) is 42.5 Å². The quantitative estimate of drug-likeness (QED) is 0.791. The molecule has 1 aliphatic carbocycles. The Morgan fingerprint density at radius 1 is 1.12 bits per heavy atom. The molecular weight excluding hydrogens is 364 g/mol. The van der Waals surface area contributed by atoms with Crippen LogP contribution in [-0.2, 0) is 19.7 Å². The molecule has 2 aromatic rings. The normalized spacial score (nSPS) is 15.0. The number of amides is 1. The Hall–Kier alpha value is -2.47. The van der Waals surface area contributed by atoms with Gasteiger partial charge in [0.25, 0.3) is 5.91 Å². The molecule has 136 valence electrons. The van der Waals surface area contributed by atoms with Gasteiger partial charge in [0.1, 0.15) is 11.6 Å². The summed E-state index contributed by atoms with van der Waals surface area (Å²) in [7, 11) is 0. The van der Waals surface area contributed by atoms with E-state index in [0.29, 0.717) is 23.9 Å². The summed E-state index contributed by atoms with van der Waals surface area (Å²) in [6, 6.07) is 9.74. The highest BCUT2D eigenvalue weighted by Crippen LogP contribution is 2.45. The minimum absolute atomic E-state index is 0.177. The number of esters is 1. The van der Waals surface area contributed by atoms with E-state index in [1.54, 1.807) is 24.3 Å². The number of ether oxygens (including phenoxy) is 1. The van der Waals surface area contributed by atoms with Crippen LogP contribution in [0.5, 0.6) is 0 Å². The van der Waals surface area contributed by atoms with Crippen LogP contribution in [0.3, 0.4) is 0 Å². The molecule has 0 unspecified atom stereocenters. The zero-order chi connectivity index (χ0) is 18.7. The minimum atomic E-state index is -0.902. The summed E-state index contributed by atoms with van der Waals surface area (Å²) in [6.07, 6.45) is 2.13. The van der Waals surface area contributed by atoms with Crippen molar-refractivity contribution in [2.45, 2.75) is 24.7 Å². The number of carbonyl (C=O) groups is 2. The lowest BCUT2D eigenvalue weighted by atomic mass is 9.64. The standard InChI is InChI=1S/C19H16ClF2NO3/c20-13-4-2-12(3-5-13)19(8-1-9-19)18(25)26-11-17(24)23-16-7-6-14(21)10-15(16)22/h2-7,10H,1,8-9,11H2,(H,23,24). The van der Waals surface area contributed by atoms with E-state index in [0.717, 1.165) is 24.1 Å². The summed E-state index contributed by atoms with van der Waals surface area (Å²) >= 11 is 5.88. The average Bonchev–Trinajstić information content (AvgIpc) is 2.56. The van der Waals surface area contributed by atoms with Gasteiger partial charge in [0.2, 0.25) is 0 Å². The molecule has 1 amide bonds. The molecule has 0 bridgehead atoms. The van der Waals surface area contributed by atoms with E-state index in [1.807, 2.05) is 0 Å².